The molecular formula is C9H6ClFS2. The number of thiophene rings is 1. The molecule has 0 nitrogen and oxygen atoms in total. The van der Waals surface area contributed by atoms with Gasteiger partial charge in [-0.15, -0.1) is 23.1 Å². The number of hydrogen-bond donors (Lipinski definition) is 0. The first-order valence-corrected chi connectivity index (χ1v) is 6.06. The number of benzene rings is 1. The van der Waals surface area contributed by atoms with Gasteiger partial charge in [0.05, 0.1) is 9.04 Å². The summed E-state index contributed by atoms with van der Waals surface area (Å²) in [6, 6.07) is 5.09. The molecule has 0 atom stereocenters. The molecule has 1 aromatic carbocycles. The molecule has 0 saturated heterocycles. The summed E-state index contributed by atoms with van der Waals surface area (Å²) in [6.45, 7) is 0. The summed E-state index contributed by atoms with van der Waals surface area (Å²) in [7, 11) is 0. The van der Waals surface area contributed by atoms with Gasteiger partial charge in [0, 0.05) is 10.3 Å². The van der Waals surface area contributed by atoms with Crippen molar-refractivity contribution in [1.82, 2.24) is 0 Å². The van der Waals surface area contributed by atoms with Gasteiger partial charge in [0.25, 0.3) is 0 Å². The molecule has 68 valence electrons. The van der Waals surface area contributed by atoms with Crippen LogP contribution in [-0.4, -0.2) is 6.26 Å². The van der Waals surface area contributed by atoms with Gasteiger partial charge in [-0.25, -0.2) is 4.39 Å². The molecule has 0 aliphatic rings. The van der Waals surface area contributed by atoms with Crippen molar-refractivity contribution in [2.75, 3.05) is 6.26 Å². The van der Waals surface area contributed by atoms with Crippen LogP contribution >= 0.6 is 34.7 Å². The van der Waals surface area contributed by atoms with Gasteiger partial charge in [-0.2, -0.15) is 0 Å². The number of halogens is 2. The quantitative estimate of drug-likeness (QED) is 0.656. The zero-order valence-corrected chi connectivity index (χ0v) is 9.19. The summed E-state index contributed by atoms with van der Waals surface area (Å²) < 4.78 is 14.5. The second-order valence-electron chi connectivity index (χ2n) is 2.54. The smallest absolute Gasteiger partial charge is 0.141 e. The topological polar surface area (TPSA) is 0 Å². The van der Waals surface area contributed by atoms with Crippen molar-refractivity contribution >= 4 is 44.8 Å². The van der Waals surface area contributed by atoms with Crippen molar-refractivity contribution in [1.29, 1.82) is 0 Å². The summed E-state index contributed by atoms with van der Waals surface area (Å²) in [5.41, 5.74) is 0. The molecule has 0 N–H and O–H groups in total. The van der Waals surface area contributed by atoms with E-state index in [2.05, 4.69) is 0 Å². The van der Waals surface area contributed by atoms with Crippen LogP contribution in [0.4, 0.5) is 4.39 Å². The molecule has 1 heterocycles. The maximum atomic E-state index is 13.3. The van der Waals surface area contributed by atoms with Crippen LogP contribution in [0, 0.1) is 5.82 Å². The highest BCUT2D eigenvalue weighted by atomic mass is 35.5. The van der Waals surface area contributed by atoms with E-state index in [1.807, 2.05) is 12.3 Å². The molecule has 0 saturated carbocycles. The van der Waals surface area contributed by atoms with Gasteiger partial charge in [-0.05, 0) is 24.5 Å². The van der Waals surface area contributed by atoms with E-state index in [0.29, 0.717) is 9.04 Å². The van der Waals surface area contributed by atoms with Crippen LogP contribution in [0.2, 0.25) is 4.34 Å². The first kappa shape index (κ1) is 9.31. The Morgan fingerprint density at radius 1 is 1.46 bits per heavy atom. The molecule has 13 heavy (non-hydrogen) atoms. The highest BCUT2D eigenvalue weighted by Crippen LogP contribution is 2.36. The van der Waals surface area contributed by atoms with Gasteiger partial charge in [0.2, 0.25) is 0 Å². The molecule has 4 heteroatoms. The van der Waals surface area contributed by atoms with E-state index in [4.69, 9.17) is 11.6 Å². The first-order chi connectivity index (χ1) is 6.22. The minimum absolute atomic E-state index is 0.190. The van der Waals surface area contributed by atoms with Crippen LogP contribution in [-0.2, 0) is 0 Å². The van der Waals surface area contributed by atoms with Crippen LogP contribution in [0.1, 0.15) is 0 Å². The van der Waals surface area contributed by atoms with Crippen molar-refractivity contribution in [3.8, 4) is 0 Å². The summed E-state index contributed by atoms with van der Waals surface area (Å²) in [6.07, 6.45) is 1.97. The first-order valence-electron chi connectivity index (χ1n) is 3.64. The van der Waals surface area contributed by atoms with E-state index in [0.717, 1.165) is 10.3 Å². The molecule has 0 spiro atoms. The Labute approximate surface area is 88.7 Å². The molecule has 1 aromatic heterocycles. The SMILES string of the molecule is CSc1ccc(F)c2sc(Cl)cc12. The lowest BCUT2D eigenvalue weighted by Gasteiger charge is -1.98. The molecule has 0 amide bonds. The number of fused-ring (bicyclic) bond motifs is 1. The second-order valence-corrected chi connectivity index (χ2v) is 5.07. The standard InChI is InChI=1S/C9H6ClFS2/c1-12-7-3-2-6(11)9-5(7)4-8(10)13-9/h2-4H,1H3. The number of thioether (sulfide) groups is 1. The Morgan fingerprint density at radius 2 is 2.23 bits per heavy atom. The Morgan fingerprint density at radius 3 is 2.92 bits per heavy atom. The molecule has 0 radical (unpaired) electrons. The fraction of sp³-hybridized carbons (Fsp3) is 0.111. The molecule has 2 rings (SSSR count). The van der Waals surface area contributed by atoms with Crippen molar-refractivity contribution in [3.05, 3.63) is 28.4 Å². The normalized spacial score (nSPS) is 11.0. The summed E-state index contributed by atoms with van der Waals surface area (Å²) in [5.74, 6) is -0.190. The van der Waals surface area contributed by atoms with Crippen molar-refractivity contribution in [2.45, 2.75) is 4.90 Å². The zero-order valence-electron chi connectivity index (χ0n) is 6.80. The van der Waals surface area contributed by atoms with Crippen LogP contribution in [0.25, 0.3) is 10.1 Å². The Bertz CT molecular complexity index is 450. The molecule has 0 bridgehead atoms. The lowest BCUT2D eigenvalue weighted by atomic mass is 10.2. The van der Waals surface area contributed by atoms with E-state index < -0.39 is 0 Å². The lowest BCUT2D eigenvalue weighted by molar-refractivity contribution is 0.641. The summed E-state index contributed by atoms with van der Waals surface area (Å²) in [5, 5.41) is 0.919. The van der Waals surface area contributed by atoms with Crippen molar-refractivity contribution in [3.63, 3.8) is 0 Å². The van der Waals surface area contributed by atoms with E-state index in [1.54, 1.807) is 17.8 Å². The Hall–Kier alpha value is -0.250. The highest BCUT2D eigenvalue weighted by molar-refractivity contribution is 7.98. The maximum Gasteiger partial charge on any atom is 0.141 e. The zero-order chi connectivity index (χ0) is 9.42. The van der Waals surface area contributed by atoms with E-state index >= 15 is 0 Å². The third-order valence-corrected chi connectivity index (χ3v) is 3.85. The molecule has 0 unspecified atom stereocenters. The molecule has 0 aliphatic heterocycles. The van der Waals surface area contributed by atoms with Crippen LogP contribution in [0.15, 0.2) is 23.1 Å². The summed E-state index contributed by atoms with van der Waals surface area (Å²) >= 11 is 8.71. The molecule has 0 aliphatic carbocycles. The number of rotatable bonds is 1. The van der Waals surface area contributed by atoms with E-state index in [9.17, 15) is 4.39 Å². The van der Waals surface area contributed by atoms with Crippen LogP contribution in [0.3, 0.4) is 0 Å². The van der Waals surface area contributed by atoms with Gasteiger partial charge >= 0.3 is 0 Å². The largest absolute Gasteiger partial charge is 0.205 e. The lowest BCUT2D eigenvalue weighted by Crippen LogP contribution is -1.75. The van der Waals surface area contributed by atoms with Gasteiger partial charge < -0.3 is 0 Å². The second kappa shape index (κ2) is 3.48. The number of hydrogen-bond acceptors (Lipinski definition) is 2. The van der Waals surface area contributed by atoms with Gasteiger partial charge in [0.1, 0.15) is 5.82 Å². The average molecular weight is 233 g/mol. The fourth-order valence-corrected chi connectivity index (χ4v) is 3.02. The van der Waals surface area contributed by atoms with Gasteiger partial charge in [0.15, 0.2) is 0 Å². The maximum absolute atomic E-state index is 13.3. The average Bonchev–Trinajstić information content (AvgIpc) is 2.48. The Balaban J connectivity index is 2.83. The molecular weight excluding hydrogens is 227 g/mol. The van der Waals surface area contributed by atoms with Crippen LogP contribution < -0.4 is 0 Å². The predicted molar refractivity (Wildman–Crippen MR) is 58.6 cm³/mol. The van der Waals surface area contributed by atoms with Crippen molar-refractivity contribution in [2.24, 2.45) is 0 Å². The molecule has 2 aromatic rings. The highest BCUT2D eigenvalue weighted by Gasteiger charge is 2.08. The fourth-order valence-electron chi connectivity index (χ4n) is 1.21. The van der Waals surface area contributed by atoms with Crippen LogP contribution in [0.5, 0.6) is 0 Å². The predicted octanol–water partition coefficient (Wildman–Crippen LogP) is 4.42. The monoisotopic (exact) mass is 232 g/mol. The third-order valence-electron chi connectivity index (χ3n) is 1.79. The minimum atomic E-state index is -0.190. The summed E-state index contributed by atoms with van der Waals surface area (Å²) in [4.78, 5) is 1.07. The van der Waals surface area contributed by atoms with E-state index in [-0.39, 0.29) is 5.82 Å². The minimum Gasteiger partial charge on any atom is -0.205 e. The van der Waals surface area contributed by atoms with E-state index in [1.165, 1.54) is 17.4 Å². The van der Waals surface area contributed by atoms with Crippen molar-refractivity contribution < 1.29 is 4.39 Å². The third kappa shape index (κ3) is 1.56. The molecule has 0 fully saturated rings. The Kier molecular flexibility index (Phi) is 2.49. The van der Waals surface area contributed by atoms with Gasteiger partial charge in [-0.1, -0.05) is 11.6 Å². The van der Waals surface area contributed by atoms with Gasteiger partial charge in [-0.3, -0.25) is 0 Å².